The van der Waals surface area contributed by atoms with Crippen LogP contribution < -0.4 is 10.1 Å². The van der Waals surface area contributed by atoms with Crippen molar-refractivity contribution in [2.75, 3.05) is 11.9 Å². The number of benzene rings is 3. The monoisotopic (exact) mass is 417 g/mol. The molecule has 7 heteroatoms. The molecule has 0 fully saturated rings. The highest BCUT2D eigenvalue weighted by Crippen LogP contribution is 2.31. The second-order valence-corrected chi connectivity index (χ2v) is 7.21. The molecule has 3 nitrogen and oxygen atoms in total. The molecule has 0 aliphatic heterocycles. The van der Waals surface area contributed by atoms with Gasteiger partial charge in [0.2, 0.25) is 0 Å². The van der Waals surface area contributed by atoms with E-state index in [9.17, 15) is 18.0 Å². The summed E-state index contributed by atoms with van der Waals surface area (Å²) >= 11 is 1.71. The number of hydrogen-bond donors (Lipinski definition) is 1. The number of halogens is 3. The van der Waals surface area contributed by atoms with Crippen LogP contribution in [0.3, 0.4) is 0 Å². The van der Waals surface area contributed by atoms with Crippen LogP contribution in [-0.2, 0) is 16.7 Å². The zero-order chi connectivity index (χ0) is 20.7. The van der Waals surface area contributed by atoms with E-state index >= 15 is 0 Å². The average Bonchev–Trinajstić information content (AvgIpc) is 2.72. The molecule has 3 aromatic carbocycles. The van der Waals surface area contributed by atoms with Gasteiger partial charge >= 0.3 is 6.18 Å². The first kappa shape index (κ1) is 20.8. The van der Waals surface area contributed by atoms with Crippen molar-refractivity contribution in [2.24, 2.45) is 0 Å². The highest BCUT2D eigenvalue weighted by Gasteiger charge is 2.30. The molecule has 0 unspecified atom stereocenters. The SMILES string of the molecule is O=C(COc1cccc(C(F)(F)F)c1)Nc1ccc(CSc2ccccc2)cc1. The number of anilines is 1. The summed E-state index contributed by atoms with van der Waals surface area (Å²) in [6.07, 6.45) is -4.46. The Balaban J connectivity index is 1.48. The van der Waals surface area contributed by atoms with Gasteiger partial charge in [0.25, 0.3) is 5.91 Å². The van der Waals surface area contributed by atoms with Crippen LogP contribution in [0.1, 0.15) is 11.1 Å². The fraction of sp³-hybridized carbons (Fsp3) is 0.136. The molecule has 0 heterocycles. The van der Waals surface area contributed by atoms with E-state index < -0.39 is 17.6 Å². The van der Waals surface area contributed by atoms with E-state index in [1.54, 1.807) is 23.9 Å². The molecule has 29 heavy (non-hydrogen) atoms. The molecule has 0 aliphatic rings. The molecule has 1 amide bonds. The fourth-order valence-corrected chi connectivity index (χ4v) is 3.35. The number of ether oxygens (including phenoxy) is 1. The number of carbonyl (C=O) groups excluding carboxylic acids is 1. The highest BCUT2D eigenvalue weighted by molar-refractivity contribution is 7.98. The van der Waals surface area contributed by atoms with Crippen LogP contribution in [0.5, 0.6) is 5.75 Å². The Morgan fingerprint density at radius 1 is 0.931 bits per heavy atom. The molecule has 0 aromatic heterocycles. The second kappa shape index (κ2) is 9.52. The summed E-state index contributed by atoms with van der Waals surface area (Å²) < 4.78 is 43.3. The lowest BCUT2D eigenvalue weighted by Gasteiger charge is -2.11. The first-order valence-electron chi connectivity index (χ1n) is 8.77. The molecule has 0 atom stereocenters. The zero-order valence-corrected chi connectivity index (χ0v) is 16.1. The minimum Gasteiger partial charge on any atom is -0.484 e. The number of amides is 1. The molecule has 0 saturated carbocycles. The van der Waals surface area contributed by atoms with E-state index in [1.165, 1.54) is 17.0 Å². The van der Waals surface area contributed by atoms with Crippen molar-refractivity contribution in [3.63, 3.8) is 0 Å². The van der Waals surface area contributed by atoms with E-state index in [-0.39, 0.29) is 12.4 Å². The predicted molar refractivity (Wildman–Crippen MR) is 108 cm³/mol. The van der Waals surface area contributed by atoms with Crippen LogP contribution in [0.15, 0.2) is 83.8 Å². The Bertz CT molecular complexity index is 944. The first-order chi connectivity index (χ1) is 13.9. The average molecular weight is 417 g/mol. The summed E-state index contributed by atoms with van der Waals surface area (Å²) in [5, 5.41) is 2.67. The minimum absolute atomic E-state index is 0.0109. The van der Waals surface area contributed by atoms with Crippen LogP contribution in [-0.4, -0.2) is 12.5 Å². The Morgan fingerprint density at radius 2 is 1.66 bits per heavy atom. The minimum atomic E-state index is -4.46. The van der Waals surface area contributed by atoms with Crippen molar-refractivity contribution in [3.8, 4) is 5.75 Å². The maximum atomic E-state index is 12.7. The summed E-state index contributed by atoms with van der Waals surface area (Å²) in [4.78, 5) is 13.2. The number of carbonyl (C=O) groups is 1. The predicted octanol–water partition coefficient (Wildman–Crippen LogP) is 6.02. The van der Waals surface area contributed by atoms with Crippen LogP contribution in [0, 0.1) is 0 Å². The molecule has 0 bridgehead atoms. The van der Waals surface area contributed by atoms with Gasteiger partial charge in [0.15, 0.2) is 6.61 Å². The molecule has 3 aromatic rings. The van der Waals surface area contributed by atoms with Crippen molar-refractivity contribution in [1.82, 2.24) is 0 Å². The molecule has 0 aliphatic carbocycles. The molecule has 3 rings (SSSR count). The zero-order valence-electron chi connectivity index (χ0n) is 15.3. The van der Waals surface area contributed by atoms with Gasteiger partial charge in [-0.25, -0.2) is 0 Å². The highest BCUT2D eigenvalue weighted by atomic mass is 32.2. The number of rotatable bonds is 7. The van der Waals surface area contributed by atoms with Crippen LogP contribution in [0.25, 0.3) is 0 Å². The quantitative estimate of drug-likeness (QED) is 0.478. The third-order valence-electron chi connectivity index (χ3n) is 3.92. The van der Waals surface area contributed by atoms with E-state index in [0.717, 1.165) is 23.4 Å². The summed E-state index contributed by atoms with van der Waals surface area (Å²) in [5.74, 6) is 0.341. The molecule has 0 spiro atoms. The van der Waals surface area contributed by atoms with Crippen molar-refractivity contribution in [1.29, 1.82) is 0 Å². The number of alkyl halides is 3. The molecular formula is C22H18F3NO2S. The van der Waals surface area contributed by atoms with Crippen LogP contribution in [0.4, 0.5) is 18.9 Å². The third kappa shape index (κ3) is 6.57. The molecule has 0 saturated heterocycles. The third-order valence-corrected chi connectivity index (χ3v) is 5.00. The van der Waals surface area contributed by atoms with Crippen molar-refractivity contribution >= 4 is 23.4 Å². The topological polar surface area (TPSA) is 38.3 Å². The van der Waals surface area contributed by atoms with Gasteiger partial charge in [0, 0.05) is 16.3 Å². The van der Waals surface area contributed by atoms with Gasteiger partial charge in [-0.1, -0.05) is 36.4 Å². The maximum Gasteiger partial charge on any atom is 0.416 e. The molecule has 150 valence electrons. The summed E-state index contributed by atoms with van der Waals surface area (Å²) in [6.45, 7) is -0.382. The lowest BCUT2D eigenvalue weighted by molar-refractivity contribution is -0.137. The molecule has 1 N–H and O–H groups in total. The molecular weight excluding hydrogens is 399 g/mol. The first-order valence-corrected chi connectivity index (χ1v) is 9.75. The Morgan fingerprint density at radius 3 is 2.34 bits per heavy atom. The number of hydrogen-bond acceptors (Lipinski definition) is 3. The van der Waals surface area contributed by atoms with Gasteiger partial charge in [-0.3, -0.25) is 4.79 Å². The summed E-state index contributed by atoms with van der Waals surface area (Å²) in [6, 6.07) is 21.9. The van der Waals surface area contributed by atoms with Gasteiger partial charge < -0.3 is 10.1 Å². The van der Waals surface area contributed by atoms with Gasteiger partial charge in [0.1, 0.15) is 5.75 Å². The van der Waals surface area contributed by atoms with E-state index in [4.69, 9.17) is 4.74 Å². The maximum absolute atomic E-state index is 12.7. The summed E-state index contributed by atoms with van der Waals surface area (Å²) in [7, 11) is 0. The van der Waals surface area contributed by atoms with Crippen molar-refractivity contribution in [3.05, 3.63) is 90.0 Å². The van der Waals surface area contributed by atoms with E-state index in [1.807, 2.05) is 42.5 Å². The number of nitrogens with one attached hydrogen (secondary N) is 1. The van der Waals surface area contributed by atoms with Gasteiger partial charge in [-0.15, -0.1) is 11.8 Å². The normalized spacial score (nSPS) is 11.1. The van der Waals surface area contributed by atoms with Crippen molar-refractivity contribution < 1.29 is 22.7 Å². The van der Waals surface area contributed by atoms with E-state index in [2.05, 4.69) is 5.32 Å². The Kier molecular flexibility index (Phi) is 6.82. The lowest BCUT2D eigenvalue weighted by Crippen LogP contribution is -2.20. The van der Waals surface area contributed by atoms with Crippen LogP contribution in [0.2, 0.25) is 0 Å². The lowest BCUT2D eigenvalue weighted by atomic mass is 10.2. The summed E-state index contributed by atoms with van der Waals surface area (Å²) in [5.41, 5.74) is 0.882. The Labute approximate surface area is 170 Å². The number of thioether (sulfide) groups is 1. The van der Waals surface area contributed by atoms with Crippen LogP contribution >= 0.6 is 11.8 Å². The standard InChI is InChI=1S/C22H18F3NO2S/c23-22(24,25)17-5-4-6-19(13-17)28-14-21(27)26-18-11-9-16(10-12-18)15-29-20-7-2-1-3-8-20/h1-13H,14-15H2,(H,26,27). The molecule has 0 radical (unpaired) electrons. The second-order valence-electron chi connectivity index (χ2n) is 6.16. The van der Waals surface area contributed by atoms with Gasteiger partial charge in [-0.2, -0.15) is 13.2 Å². The van der Waals surface area contributed by atoms with Gasteiger partial charge in [0.05, 0.1) is 5.56 Å². The Hall–Kier alpha value is -2.93. The van der Waals surface area contributed by atoms with Gasteiger partial charge in [-0.05, 0) is 48.0 Å². The largest absolute Gasteiger partial charge is 0.484 e. The smallest absolute Gasteiger partial charge is 0.416 e. The fourth-order valence-electron chi connectivity index (χ4n) is 2.48. The van der Waals surface area contributed by atoms with E-state index in [0.29, 0.717) is 5.69 Å². The van der Waals surface area contributed by atoms with Crippen molar-refractivity contribution in [2.45, 2.75) is 16.8 Å².